The maximum absolute atomic E-state index is 4.42. The quantitative estimate of drug-likeness (QED) is 0.609. The highest BCUT2D eigenvalue weighted by Gasteiger charge is 2.22. The summed E-state index contributed by atoms with van der Waals surface area (Å²) in [7, 11) is 0. The monoisotopic (exact) mass is 180 g/mol. The normalized spacial score (nSPS) is 32.2. The van der Waals surface area contributed by atoms with Crippen molar-refractivity contribution in [1.29, 1.82) is 0 Å². The highest BCUT2D eigenvalue weighted by Crippen LogP contribution is 2.18. The largest absolute Gasteiger partial charge is 0.358 e. The van der Waals surface area contributed by atoms with E-state index < -0.39 is 0 Å². The van der Waals surface area contributed by atoms with Gasteiger partial charge >= 0.3 is 0 Å². The second-order valence-electron chi connectivity index (χ2n) is 2.95. The van der Waals surface area contributed by atoms with E-state index in [4.69, 9.17) is 0 Å². The summed E-state index contributed by atoms with van der Waals surface area (Å²) in [4.78, 5) is 4.42. The molecule has 0 aromatic rings. The molecule has 12 heavy (non-hydrogen) atoms. The Hall–Kier alpha value is -0.700. The minimum Gasteiger partial charge on any atom is -0.358 e. The molecule has 64 valence electrons. The van der Waals surface area contributed by atoms with E-state index in [-0.39, 0.29) is 0 Å². The van der Waals surface area contributed by atoms with Crippen LogP contribution in [0.4, 0.5) is 0 Å². The van der Waals surface area contributed by atoms with Crippen molar-refractivity contribution in [2.24, 2.45) is 10.9 Å². The average molecular weight is 180 g/mol. The molecule has 1 aliphatic carbocycles. The summed E-state index contributed by atoms with van der Waals surface area (Å²) < 4.78 is 0. The Labute approximate surface area is 76.8 Å². The summed E-state index contributed by atoms with van der Waals surface area (Å²) in [6, 6.07) is 0.468. The maximum Gasteiger partial charge on any atom is 0.156 e. The molecule has 2 unspecified atom stereocenters. The van der Waals surface area contributed by atoms with Gasteiger partial charge in [-0.2, -0.15) is 0 Å². The zero-order chi connectivity index (χ0) is 8.39. The van der Waals surface area contributed by atoms with Gasteiger partial charge < -0.3 is 5.32 Å². The average Bonchev–Trinajstić information content (AvgIpc) is 2.17. The second kappa shape index (κ2) is 3.35. The molecule has 3 heteroatoms. The van der Waals surface area contributed by atoms with Gasteiger partial charge in [0.05, 0.1) is 12.6 Å². The number of nitrogens with one attached hydrogen (secondary N) is 1. The molecule has 0 spiro atoms. The molecule has 0 aromatic heterocycles. The third-order valence-corrected chi connectivity index (χ3v) is 2.81. The first-order valence-corrected chi connectivity index (χ1v) is 5.32. The van der Waals surface area contributed by atoms with Crippen LogP contribution >= 0.6 is 11.8 Å². The van der Waals surface area contributed by atoms with Crippen molar-refractivity contribution in [2.75, 3.05) is 12.8 Å². The van der Waals surface area contributed by atoms with Crippen LogP contribution < -0.4 is 5.32 Å². The van der Waals surface area contributed by atoms with Crippen LogP contribution in [-0.2, 0) is 0 Å². The summed E-state index contributed by atoms with van der Waals surface area (Å²) in [5, 5.41) is 4.45. The van der Waals surface area contributed by atoms with Crippen LogP contribution in [0.3, 0.4) is 0 Å². The van der Waals surface area contributed by atoms with Gasteiger partial charge in [-0.15, -0.1) is 0 Å². The van der Waals surface area contributed by atoms with Gasteiger partial charge in [-0.25, -0.2) is 0 Å². The molecule has 2 nitrogen and oxygen atoms in total. The number of allylic oxidation sites excluding steroid dienone is 2. The number of rotatable bonds is 0. The molecule has 0 saturated carbocycles. The lowest BCUT2D eigenvalue weighted by Gasteiger charge is -2.29. The minimum absolute atomic E-state index is 0.468. The van der Waals surface area contributed by atoms with E-state index in [0.717, 1.165) is 11.7 Å². The van der Waals surface area contributed by atoms with Crippen LogP contribution in [0.2, 0.25) is 0 Å². The molecule has 2 rings (SSSR count). The minimum atomic E-state index is 0.468. The molecule has 0 saturated heterocycles. The third-order valence-electron chi connectivity index (χ3n) is 2.18. The SMILES string of the molecule is CSC1=NCC2C=CC=CC2N1. The highest BCUT2D eigenvalue weighted by molar-refractivity contribution is 8.13. The summed E-state index contributed by atoms with van der Waals surface area (Å²) in [6.45, 7) is 0.925. The van der Waals surface area contributed by atoms with Crippen molar-refractivity contribution < 1.29 is 0 Å². The van der Waals surface area contributed by atoms with Crippen molar-refractivity contribution in [2.45, 2.75) is 6.04 Å². The molecule has 2 aliphatic rings. The second-order valence-corrected chi connectivity index (χ2v) is 3.75. The highest BCUT2D eigenvalue weighted by atomic mass is 32.2. The van der Waals surface area contributed by atoms with E-state index in [9.17, 15) is 0 Å². The Morgan fingerprint density at radius 1 is 1.50 bits per heavy atom. The molecule has 0 fully saturated rings. The number of thioether (sulfide) groups is 1. The first-order valence-electron chi connectivity index (χ1n) is 4.10. The Morgan fingerprint density at radius 2 is 2.33 bits per heavy atom. The Bertz CT molecular complexity index is 255. The van der Waals surface area contributed by atoms with Crippen LogP contribution in [0.1, 0.15) is 0 Å². The Kier molecular flexibility index (Phi) is 2.21. The van der Waals surface area contributed by atoms with Gasteiger partial charge in [0.25, 0.3) is 0 Å². The van der Waals surface area contributed by atoms with Crippen molar-refractivity contribution in [3.05, 3.63) is 24.3 Å². The fraction of sp³-hybridized carbons (Fsp3) is 0.444. The number of fused-ring (bicyclic) bond motifs is 1. The maximum atomic E-state index is 4.42. The fourth-order valence-electron chi connectivity index (χ4n) is 1.48. The number of amidine groups is 1. The van der Waals surface area contributed by atoms with Gasteiger partial charge in [0.1, 0.15) is 0 Å². The van der Waals surface area contributed by atoms with Crippen LogP contribution in [0.5, 0.6) is 0 Å². The molecular formula is C9H12N2S. The van der Waals surface area contributed by atoms with E-state index in [0.29, 0.717) is 12.0 Å². The van der Waals surface area contributed by atoms with Crippen LogP contribution in [0.15, 0.2) is 29.3 Å². The summed E-state index contributed by atoms with van der Waals surface area (Å²) in [5.41, 5.74) is 0. The predicted molar refractivity (Wildman–Crippen MR) is 54.5 cm³/mol. The summed E-state index contributed by atoms with van der Waals surface area (Å²) >= 11 is 1.68. The molecule has 1 N–H and O–H groups in total. The molecule has 0 radical (unpaired) electrons. The Balaban J connectivity index is 2.12. The molecular weight excluding hydrogens is 168 g/mol. The third kappa shape index (κ3) is 1.41. The molecule has 2 atom stereocenters. The standard InChI is InChI=1S/C9H12N2S/c1-12-9-10-6-7-4-2-3-5-8(7)11-9/h2-5,7-8H,6H2,1H3,(H,10,11). The smallest absolute Gasteiger partial charge is 0.156 e. The Morgan fingerprint density at radius 3 is 3.17 bits per heavy atom. The lowest BCUT2D eigenvalue weighted by Crippen LogP contribution is -2.42. The van der Waals surface area contributed by atoms with Crippen LogP contribution in [0, 0.1) is 5.92 Å². The fourth-order valence-corrected chi connectivity index (χ4v) is 1.94. The number of aliphatic imine (C=N–C) groups is 1. The van der Waals surface area contributed by atoms with Crippen LogP contribution in [-0.4, -0.2) is 24.0 Å². The zero-order valence-corrected chi connectivity index (χ0v) is 7.84. The first-order chi connectivity index (χ1) is 5.90. The van der Waals surface area contributed by atoms with Crippen molar-refractivity contribution in [3.8, 4) is 0 Å². The number of nitrogens with zero attached hydrogens (tertiary/aromatic N) is 1. The zero-order valence-electron chi connectivity index (χ0n) is 7.03. The topological polar surface area (TPSA) is 24.4 Å². The molecule has 0 amide bonds. The van der Waals surface area contributed by atoms with E-state index in [1.165, 1.54) is 0 Å². The number of hydrogen-bond donors (Lipinski definition) is 1. The van der Waals surface area contributed by atoms with Gasteiger partial charge in [-0.1, -0.05) is 36.1 Å². The van der Waals surface area contributed by atoms with Crippen molar-refractivity contribution in [1.82, 2.24) is 5.32 Å². The van der Waals surface area contributed by atoms with Gasteiger partial charge in [0, 0.05) is 5.92 Å². The first kappa shape index (κ1) is 7.92. The lowest BCUT2D eigenvalue weighted by atomic mass is 9.94. The van der Waals surface area contributed by atoms with Crippen molar-refractivity contribution in [3.63, 3.8) is 0 Å². The predicted octanol–water partition coefficient (Wildman–Crippen LogP) is 1.42. The molecule has 1 heterocycles. The van der Waals surface area contributed by atoms with Gasteiger partial charge in [-0.05, 0) is 6.26 Å². The lowest BCUT2D eigenvalue weighted by molar-refractivity contribution is 0.520. The van der Waals surface area contributed by atoms with E-state index in [2.05, 4.69) is 40.9 Å². The summed E-state index contributed by atoms with van der Waals surface area (Å²) in [5.74, 6) is 0.561. The van der Waals surface area contributed by atoms with Gasteiger partial charge in [0.15, 0.2) is 5.17 Å². The summed E-state index contributed by atoms with van der Waals surface area (Å²) in [6.07, 6.45) is 10.7. The van der Waals surface area contributed by atoms with Gasteiger partial charge in [-0.3, -0.25) is 4.99 Å². The molecule has 0 bridgehead atoms. The molecule has 0 aromatic carbocycles. The van der Waals surface area contributed by atoms with E-state index in [1.54, 1.807) is 11.8 Å². The number of hydrogen-bond acceptors (Lipinski definition) is 3. The molecule has 1 aliphatic heterocycles. The van der Waals surface area contributed by atoms with Crippen LogP contribution in [0.25, 0.3) is 0 Å². The van der Waals surface area contributed by atoms with Gasteiger partial charge in [0.2, 0.25) is 0 Å². The van der Waals surface area contributed by atoms with Crippen molar-refractivity contribution >= 4 is 16.9 Å². The van der Waals surface area contributed by atoms with E-state index >= 15 is 0 Å². The van der Waals surface area contributed by atoms with E-state index in [1.807, 2.05) is 0 Å².